The van der Waals surface area contributed by atoms with Crippen LogP contribution in [0.2, 0.25) is 0 Å². The van der Waals surface area contributed by atoms with Crippen molar-refractivity contribution >= 4 is 33.9 Å². The molecule has 6 aromatic rings. The van der Waals surface area contributed by atoms with E-state index in [1.54, 1.807) is 12.1 Å². The Bertz CT molecular complexity index is 1760. The molecule has 0 N–H and O–H groups in total. The van der Waals surface area contributed by atoms with Crippen LogP contribution in [0, 0.1) is 5.82 Å². The first-order valence-corrected chi connectivity index (χ1v) is 16.0. The van der Waals surface area contributed by atoms with E-state index in [9.17, 15) is 9.18 Å². The first-order valence-electron chi connectivity index (χ1n) is 14.0. The van der Waals surface area contributed by atoms with Gasteiger partial charge in [-0.1, -0.05) is 86.6 Å². The maximum atomic E-state index is 14.4. The Kier molecular flexibility index (Phi) is 8.87. The van der Waals surface area contributed by atoms with E-state index in [2.05, 4.69) is 111 Å². The predicted octanol–water partition coefficient (Wildman–Crippen LogP) is 4.75. The number of fused-ring (bicyclic) bond motifs is 1. The summed E-state index contributed by atoms with van der Waals surface area (Å²) in [5.74, 6) is -0.181. The molecule has 42 heavy (non-hydrogen) atoms. The van der Waals surface area contributed by atoms with Crippen molar-refractivity contribution in [3.05, 3.63) is 167 Å². The van der Waals surface area contributed by atoms with Crippen molar-refractivity contribution in [1.29, 1.82) is 0 Å². The molecular formula is C37H32BrFNOP. The standard InChI is InChI=1S/C37H32FNOP.BrH/c1-27(2)36-33-20-12-13-21-34(33)37(40)39(29-24-22-28(38)23-25-29)35(36)26-41(30-14-6-3-7-15-30,31-16-8-4-9-17-31)32-18-10-5-11-19-32;/h3-25,27H,26H2,1-2H3;1H/q+1;/p-1. The maximum Gasteiger partial charge on any atom is 0.263 e. The van der Waals surface area contributed by atoms with Gasteiger partial charge in [-0.05, 0) is 83.6 Å². The Morgan fingerprint density at radius 3 is 1.50 bits per heavy atom. The number of nitrogens with zero attached hydrogens (tertiary/aromatic N) is 1. The molecule has 0 unspecified atom stereocenters. The summed E-state index contributed by atoms with van der Waals surface area (Å²) in [7, 11) is -2.33. The lowest BCUT2D eigenvalue weighted by Gasteiger charge is -2.31. The second-order valence-electron chi connectivity index (χ2n) is 10.7. The smallest absolute Gasteiger partial charge is 0.263 e. The summed E-state index contributed by atoms with van der Waals surface area (Å²) in [6.45, 7) is 4.39. The monoisotopic (exact) mass is 635 g/mol. The number of rotatable bonds is 7. The largest absolute Gasteiger partial charge is 1.00 e. The highest BCUT2D eigenvalue weighted by Crippen LogP contribution is 2.59. The lowest BCUT2D eigenvalue weighted by Crippen LogP contribution is -3.00. The van der Waals surface area contributed by atoms with Gasteiger partial charge in [-0.25, -0.2) is 4.39 Å². The van der Waals surface area contributed by atoms with E-state index in [-0.39, 0.29) is 34.3 Å². The van der Waals surface area contributed by atoms with Crippen molar-refractivity contribution in [3.8, 4) is 5.69 Å². The summed E-state index contributed by atoms with van der Waals surface area (Å²) in [6, 6.07) is 46.3. The van der Waals surface area contributed by atoms with Gasteiger partial charge in [0.1, 0.15) is 35.2 Å². The zero-order chi connectivity index (χ0) is 28.4. The summed E-state index contributed by atoms with van der Waals surface area (Å²) < 4.78 is 16.0. The fraction of sp³-hybridized carbons (Fsp3) is 0.108. The van der Waals surface area contributed by atoms with Gasteiger partial charge in [-0.2, -0.15) is 0 Å². The van der Waals surface area contributed by atoms with Gasteiger partial charge in [0.15, 0.2) is 0 Å². The van der Waals surface area contributed by atoms with E-state index in [1.807, 2.05) is 22.8 Å². The van der Waals surface area contributed by atoms with Gasteiger partial charge in [0, 0.05) is 11.1 Å². The lowest BCUT2D eigenvalue weighted by molar-refractivity contribution is -0.00000877. The minimum atomic E-state index is -2.33. The Balaban J connectivity index is 0.00000353. The second kappa shape index (κ2) is 12.6. The normalized spacial score (nSPS) is 11.4. The van der Waals surface area contributed by atoms with Gasteiger partial charge in [0.05, 0.1) is 5.69 Å². The summed E-state index contributed by atoms with van der Waals surface area (Å²) in [4.78, 5) is 14.4. The molecule has 210 valence electrons. The van der Waals surface area contributed by atoms with Crippen LogP contribution in [0.25, 0.3) is 16.5 Å². The van der Waals surface area contributed by atoms with Crippen LogP contribution in [-0.2, 0) is 6.16 Å². The molecule has 0 radical (unpaired) electrons. The van der Waals surface area contributed by atoms with Crippen LogP contribution >= 0.6 is 7.26 Å². The molecule has 0 aliphatic carbocycles. The number of aromatic nitrogens is 1. The fourth-order valence-corrected chi connectivity index (χ4v) is 10.3. The van der Waals surface area contributed by atoms with Crippen molar-refractivity contribution in [2.45, 2.75) is 25.9 Å². The molecule has 5 heteroatoms. The van der Waals surface area contributed by atoms with Gasteiger partial charge in [-0.15, -0.1) is 0 Å². The molecule has 0 amide bonds. The van der Waals surface area contributed by atoms with Crippen molar-refractivity contribution in [1.82, 2.24) is 4.57 Å². The SMILES string of the molecule is CC(C)c1c(C[P+](c2ccccc2)(c2ccccc2)c2ccccc2)n(-c2ccc(F)cc2)c(=O)c2ccccc12.[Br-]. The molecule has 0 aliphatic heterocycles. The molecule has 0 saturated carbocycles. The predicted molar refractivity (Wildman–Crippen MR) is 172 cm³/mol. The molecule has 1 aromatic heterocycles. The van der Waals surface area contributed by atoms with Gasteiger partial charge in [-0.3, -0.25) is 9.36 Å². The third-order valence-corrected chi connectivity index (χ3v) is 12.2. The maximum absolute atomic E-state index is 14.4. The molecule has 0 atom stereocenters. The number of halogens is 2. The Labute approximate surface area is 257 Å². The van der Waals surface area contributed by atoms with Gasteiger partial charge < -0.3 is 17.0 Å². The number of benzene rings is 5. The highest BCUT2D eigenvalue weighted by Gasteiger charge is 2.47. The van der Waals surface area contributed by atoms with Crippen LogP contribution in [0.5, 0.6) is 0 Å². The first kappa shape index (κ1) is 29.6. The van der Waals surface area contributed by atoms with E-state index >= 15 is 0 Å². The van der Waals surface area contributed by atoms with Crippen LogP contribution in [0.1, 0.15) is 31.0 Å². The van der Waals surface area contributed by atoms with Crippen molar-refractivity contribution < 1.29 is 21.4 Å². The molecule has 1 heterocycles. The molecule has 0 spiro atoms. The van der Waals surface area contributed by atoms with Crippen LogP contribution in [-0.4, -0.2) is 4.57 Å². The van der Waals surface area contributed by atoms with E-state index in [0.717, 1.165) is 16.6 Å². The van der Waals surface area contributed by atoms with Gasteiger partial charge in [0.2, 0.25) is 0 Å². The van der Waals surface area contributed by atoms with E-state index in [1.165, 1.54) is 28.0 Å². The Morgan fingerprint density at radius 2 is 1.05 bits per heavy atom. The highest BCUT2D eigenvalue weighted by atomic mass is 79.9. The Morgan fingerprint density at radius 1 is 0.619 bits per heavy atom. The summed E-state index contributed by atoms with van der Waals surface area (Å²) in [6.07, 6.45) is 0.635. The molecule has 0 fully saturated rings. The number of pyridine rings is 1. The van der Waals surface area contributed by atoms with E-state index < -0.39 is 7.26 Å². The number of hydrogen-bond donors (Lipinski definition) is 0. The molecule has 0 aliphatic rings. The summed E-state index contributed by atoms with van der Waals surface area (Å²) in [5, 5.41) is 5.40. The molecular weight excluding hydrogens is 604 g/mol. The molecule has 6 rings (SSSR count). The summed E-state index contributed by atoms with van der Waals surface area (Å²) in [5.41, 5.74) is 2.71. The minimum Gasteiger partial charge on any atom is -1.00 e. The molecule has 0 saturated heterocycles. The third kappa shape index (κ3) is 5.26. The molecule has 2 nitrogen and oxygen atoms in total. The van der Waals surface area contributed by atoms with Gasteiger partial charge in [0.25, 0.3) is 5.56 Å². The van der Waals surface area contributed by atoms with Crippen molar-refractivity contribution in [2.24, 2.45) is 0 Å². The second-order valence-corrected chi connectivity index (χ2v) is 14.1. The van der Waals surface area contributed by atoms with E-state index in [4.69, 9.17) is 0 Å². The first-order chi connectivity index (χ1) is 20.0. The van der Waals surface area contributed by atoms with Crippen molar-refractivity contribution in [2.75, 3.05) is 0 Å². The van der Waals surface area contributed by atoms with Crippen LogP contribution in [0.4, 0.5) is 4.39 Å². The topological polar surface area (TPSA) is 22.0 Å². The zero-order valence-corrected chi connectivity index (χ0v) is 26.1. The average molecular weight is 637 g/mol. The van der Waals surface area contributed by atoms with Crippen LogP contribution in [0.3, 0.4) is 0 Å². The Hall–Kier alpha value is -3.85. The summed E-state index contributed by atoms with van der Waals surface area (Å²) >= 11 is 0. The molecule has 5 aromatic carbocycles. The highest BCUT2D eigenvalue weighted by molar-refractivity contribution is 7.95. The third-order valence-electron chi connectivity index (χ3n) is 7.87. The zero-order valence-electron chi connectivity index (χ0n) is 23.6. The van der Waals surface area contributed by atoms with E-state index in [0.29, 0.717) is 17.2 Å². The fourth-order valence-electron chi connectivity index (χ4n) is 6.08. The van der Waals surface area contributed by atoms with Gasteiger partial charge >= 0.3 is 0 Å². The number of hydrogen-bond acceptors (Lipinski definition) is 1. The minimum absolute atomic E-state index is 0. The quantitative estimate of drug-likeness (QED) is 0.232. The van der Waals surface area contributed by atoms with Crippen LogP contribution in [0.15, 0.2) is 144 Å². The van der Waals surface area contributed by atoms with Crippen molar-refractivity contribution in [3.63, 3.8) is 0 Å². The van der Waals surface area contributed by atoms with Crippen LogP contribution < -0.4 is 38.5 Å². The average Bonchev–Trinajstić information content (AvgIpc) is 3.02. The molecule has 0 bridgehead atoms. The lowest BCUT2D eigenvalue weighted by atomic mass is 9.94.